The summed E-state index contributed by atoms with van der Waals surface area (Å²) in [6, 6.07) is 5.86. The molecule has 5 heteroatoms. The molecule has 0 radical (unpaired) electrons. The number of hydrogen-bond donors (Lipinski definition) is 1. The second kappa shape index (κ2) is 10.0. The van der Waals surface area contributed by atoms with Crippen LogP contribution in [-0.2, 0) is 4.79 Å². The monoisotopic (exact) mass is 433 g/mol. The van der Waals surface area contributed by atoms with Crippen LogP contribution in [0.3, 0.4) is 0 Å². The highest BCUT2D eigenvalue weighted by atomic mass is 16.2. The van der Waals surface area contributed by atoms with Gasteiger partial charge in [-0.1, -0.05) is 12.6 Å². The molecule has 32 heavy (non-hydrogen) atoms. The molecule has 0 aliphatic carbocycles. The minimum atomic E-state index is -0.0824. The number of aryl methyl sites for hydroxylation is 1. The average molecular weight is 434 g/mol. The van der Waals surface area contributed by atoms with Gasteiger partial charge in [0.05, 0.1) is 0 Å². The molecule has 1 atom stereocenters. The number of piperidine rings is 1. The molecule has 1 saturated heterocycles. The molecule has 0 saturated carbocycles. The van der Waals surface area contributed by atoms with Crippen LogP contribution in [-0.4, -0.2) is 41.8 Å². The molecule has 1 aromatic carbocycles. The predicted molar refractivity (Wildman–Crippen MR) is 131 cm³/mol. The Balaban J connectivity index is 2.01. The number of rotatable bonds is 5. The lowest BCUT2D eigenvalue weighted by molar-refractivity contribution is -0.130. The minimum Gasteiger partial charge on any atom is -0.355 e. The van der Waals surface area contributed by atoms with Crippen molar-refractivity contribution in [3.8, 4) is 0 Å². The molecule has 5 nitrogen and oxygen atoms in total. The molecule has 2 heterocycles. The lowest BCUT2D eigenvalue weighted by Gasteiger charge is -2.36. The number of likely N-dealkylation sites (tertiary alicyclic amines) is 1. The van der Waals surface area contributed by atoms with Crippen molar-refractivity contribution < 1.29 is 9.59 Å². The lowest BCUT2D eigenvalue weighted by Crippen LogP contribution is -2.39. The molecule has 2 aliphatic rings. The summed E-state index contributed by atoms with van der Waals surface area (Å²) in [7, 11) is 1.65. The second-order valence-corrected chi connectivity index (χ2v) is 8.92. The molecule has 2 aliphatic heterocycles. The van der Waals surface area contributed by atoms with Gasteiger partial charge in [-0.15, -0.1) is 0 Å². The van der Waals surface area contributed by atoms with Gasteiger partial charge in [-0.2, -0.15) is 0 Å². The fourth-order valence-corrected chi connectivity index (χ4v) is 4.68. The lowest BCUT2D eigenvalue weighted by atomic mass is 9.89. The predicted octanol–water partition coefficient (Wildman–Crippen LogP) is 5.02. The Hall–Kier alpha value is -3.08. The largest absolute Gasteiger partial charge is 0.355 e. The van der Waals surface area contributed by atoms with Crippen LogP contribution in [0.5, 0.6) is 0 Å². The Morgan fingerprint density at radius 3 is 2.59 bits per heavy atom. The minimum absolute atomic E-state index is 0.0824. The van der Waals surface area contributed by atoms with Gasteiger partial charge >= 0.3 is 0 Å². The van der Waals surface area contributed by atoms with Crippen LogP contribution >= 0.6 is 0 Å². The smallest absolute Gasteiger partial charge is 0.251 e. The SMILES string of the molecule is C=C1C=C(C)C=CN1/C(CC1CCCN(C(C)=O)C1)=C(\C)c1ccc(C(=O)NC)cc1C. The number of nitrogens with zero attached hydrogens (tertiary/aromatic N) is 2. The molecule has 0 aromatic heterocycles. The number of hydrogen-bond acceptors (Lipinski definition) is 3. The highest BCUT2D eigenvalue weighted by Crippen LogP contribution is 2.35. The summed E-state index contributed by atoms with van der Waals surface area (Å²) in [5.41, 5.74) is 7.33. The summed E-state index contributed by atoms with van der Waals surface area (Å²) in [5.74, 6) is 0.468. The molecule has 3 rings (SSSR count). The molecular formula is C27H35N3O2. The first-order valence-corrected chi connectivity index (χ1v) is 11.3. The van der Waals surface area contributed by atoms with Crippen LogP contribution in [0.1, 0.15) is 61.5 Å². The number of carbonyl (C=O) groups excluding carboxylic acids is 2. The van der Waals surface area contributed by atoms with E-state index in [-0.39, 0.29) is 11.8 Å². The highest BCUT2D eigenvalue weighted by Gasteiger charge is 2.26. The van der Waals surface area contributed by atoms with Gasteiger partial charge in [-0.25, -0.2) is 0 Å². The Labute approximate surface area is 192 Å². The summed E-state index contributed by atoms with van der Waals surface area (Å²) in [6.07, 6.45) is 9.29. The van der Waals surface area contributed by atoms with E-state index in [0.29, 0.717) is 11.5 Å². The normalized spacial score (nSPS) is 19.5. The van der Waals surface area contributed by atoms with Crippen LogP contribution in [0, 0.1) is 12.8 Å². The van der Waals surface area contributed by atoms with E-state index in [9.17, 15) is 9.59 Å². The molecule has 1 unspecified atom stereocenters. The van der Waals surface area contributed by atoms with Gasteiger partial charge in [-0.05, 0) is 92.5 Å². The topological polar surface area (TPSA) is 52.7 Å². The maximum atomic E-state index is 12.1. The molecule has 1 N–H and O–H groups in total. The first kappa shape index (κ1) is 23.6. The number of benzene rings is 1. The van der Waals surface area contributed by atoms with E-state index in [2.05, 4.69) is 49.0 Å². The molecule has 170 valence electrons. The van der Waals surface area contributed by atoms with Crippen LogP contribution in [0.25, 0.3) is 5.57 Å². The van der Waals surface area contributed by atoms with E-state index in [0.717, 1.165) is 49.2 Å². The van der Waals surface area contributed by atoms with Crippen molar-refractivity contribution in [2.45, 2.75) is 47.0 Å². The summed E-state index contributed by atoms with van der Waals surface area (Å²) in [5, 5.41) is 2.69. The molecule has 0 spiro atoms. The Bertz CT molecular complexity index is 1020. The number of carbonyl (C=O) groups is 2. The van der Waals surface area contributed by atoms with Gasteiger partial charge in [0.1, 0.15) is 0 Å². The van der Waals surface area contributed by atoms with E-state index in [1.807, 2.05) is 30.0 Å². The quantitative estimate of drug-likeness (QED) is 0.709. The maximum Gasteiger partial charge on any atom is 0.251 e. The van der Waals surface area contributed by atoms with Gasteiger partial charge in [0.25, 0.3) is 5.91 Å². The van der Waals surface area contributed by atoms with Gasteiger partial charge < -0.3 is 15.1 Å². The van der Waals surface area contributed by atoms with Gasteiger partial charge in [0.15, 0.2) is 0 Å². The average Bonchev–Trinajstić information content (AvgIpc) is 2.77. The van der Waals surface area contributed by atoms with Crippen molar-refractivity contribution in [3.05, 3.63) is 76.8 Å². The van der Waals surface area contributed by atoms with Crippen LogP contribution in [0.2, 0.25) is 0 Å². The second-order valence-electron chi connectivity index (χ2n) is 8.92. The van der Waals surface area contributed by atoms with Crippen LogP contribution in [0.4, 0.5) is 0 Å². The van der Waals surface area contributed by atoms with Crippen molar-refractivity contribution in [1.82, 2.24) is 15.1 Å². The van der Waals surface area contributed by atoms with Crippen molar-refractivity contribution in [2.75, 3.05) is 20.1 Å². The summed E-state index contributed by atoms with van der Waals surface area (Å²) >= 11 is 0. The van der Waals surface area contributed by atoms with E-state index in [1.165, 1.54) is 16.8 Å². The van der Waals surface area contributed by atoms with Crippen molar-refractivity contribution in [3.63, 3.8) is 0 Å². The summed E-state index contributed by atoms with van der Waals surface area (Å²) < 4.78 is 0. The van der Waals surface area contributed by atoms with E-state index < -0.39 is 0 Å². The molecular weight excluding hydrogens is 398 g/mol. The fraction of sp³-hybridized carbons (Fsp3) is 0.407. The maximum absolute atomic E-state index is 12.1. The Morgan fingerprint density at radius 1 is 1.22 bits per heavy atom. The molecule has 0 bridgehead atoms. The third-order valence-electron chi connectivity index (χ3n) is 6.48. The number of amides is 2. The molecule has 2 amide bonds. The van der Waals surface area contributed by atoms with Crippen LogP contribution < -0.4 is 5.32 Å². The first-order valence-electron chi connectivity index (χ1n) is 11.3. The zero-order valence-electron chi connectivity index (χ0n) is 20.0. The van der Waals surface area contributed by atoms with Crippen molar-refractivity contribution >= 4 is 17.4 Å². The summed E-state index contributed by atoms with van der Waals surface area (Å²) in [6.45, 7) is 13.9. The van der Waals surface area contributed by atoms with Gasteiger partial charge in [0, 0.05) is 50.2 Å². The standard InChI is InChI=1S/C27H35N3O2/c1-18-11-13-30(20(3)14-18)26(16-23-8-7-12-29(17-23)22(5)31)21(4)25-10-9-24(15-19(25)2)27(32)28-6/h9-11,13-15,23H,3,7-8,12,16-17H2,1-2,4-6H3,(H,28,32)/b26-21+. The third-order valence-corrected chi connectivity index (χ3v) is 6.48. The fourth-order valence-electron chi connectivity index (χ4n) is 4.68. The number of nitrogens with one attached hydrogen (secondary N) is 1. The van der Waals surface area contributed by atoms with Gasteiger partial charge in [-0.3, -0.25) is 9.59 Å². The first-order chi connectivity index (χ1) is 15.2. The zero-order chi connectivity index (χ0) is 23.4. The molecule has 1 aromatic rings. The summed E-state index contributed by atoms with van der Waals surface area (Å²) in [4.78, 5) is 28.2. The number of allylic oxidation sites excluding steroid dienone is 5. The van der Waals surface area contributed by atoms with Crippen LogP contribution in [0.15, 0.2) is 60.1 Å². The molecule has 1 fully saturated rings. The zero-order valence-corrected chi connectivity index (χ0v) is 20.0. The Kier molecular flexibility index (Phi) is 7.39. The van der Waals surface area contributed by atoms with E-state index in [4.69, 9.17) is 0 Å². The third kappa shape index (κ3) is 5.21. The van der Waals surface area contributed by atoms with Crippen molar-refractivity contribution in [2.24, 2.45) is 5.92 Å². The highest BCUT2D eigenvalue weighted by molar-refractivity contribution is 5.94. The van der Waals surface area contributed by atoms with Gasteiger partial charge in [0.2, 0.25) is 5.91 Å². The Morgan fingerprint density at radius 2 is 1.97 bits per heavy atom. The van der Waals surface area contributed by atoms with E-state index in [1.54, 1.807) is 14.0 Å². The van der Waals surface area contributed by atoms with Crippen molar-refractivity contribution in [1.29, 1.82) is 0 Å². The van der Waals surface area contributed by atoms with E-state index >= 15 is 0 Å².